The summed E-state index contributed by atoms with van der Waals surface area (Å²) in [4.78, 5) is 23.5. The zero-order chi connectivity index (χ0) is 17.4. The Bertz CT molecular complexity index is 1080. The van der Waals surface area contributed by atoms with Crippen LogP contribution in [0.25, 0.3) is 33.5 Å². The van der Waals surface area contributed by atoms with Crippen molar-refractivity contribution in [1.82, 2.24) is 15.0 Å². The van der Waals surface area contributed by atoms with Crippen LogP contribution >= 0.6 is 0 Å². The van der Waals surface area contributed by atoms with Crippen molar-refractivity contribution in [3.05, 3.63) is 72.1 Å². The molecule has 0 unspecified atom stereocenters. The standard InChI is InChI=1S/C20H15N3O2/c1-12-6-8-13(9-7-12)17-18(20(24)25)23-19(22-17)15-10-14-4-2-3-5-16(14)21-11-15/h2-11H,1H3,(H,22,23)(H,24,25). The number of aromatic nitrogens is 3. The number of hydrogen-bond acceptors (Lipinski definition) is 3. The van der Waals surface area contributed by atoms with Gasteiger partial charge in [0.25, 0.3) is 0 Å². The fourth-order valence-electron chi connectivity index (χ4n) is 2.79. The molecule has 5 heteroatoms. The van der Waals surface area contributed by atoms with Crippen molar-refractivity contribution >= 4 is 16.9 Å². The highest BCUT2D eigenvalue weighted by Crippen LogP contribution is 2.27. The second-order valence-corrected chi connectivity index (χ2v) is 5.90. The lowest BCUT2D eigenvalue weighted by Gasteiger charge is -2.01. The summed E-state index contributed by atoms with van der Waals surface area (Å²) in [5.41, 5.74) is 4.03. The van der Waals surface area contributed by atoms with Gasteiger partial charge in [-0.2, -0.15) is 0 Å². The van der Waals surface area contributed by atoms with E-state index in [0.717, 1.165) is 27.6 Å². The van der Waals surface area contributed by atoms with Gasteiger partial charge in [0.1, 0.15) is 5.82 Å². The maximum absolute atomic E-state index is 11.6. The number of fused-ring (bicyclic) bond motifs is 1. The highest BCUT2D eigenvalue weighted by molar-refractivity contribution is 5.94. The van der Waals surface area contributed by atoms with Gasteiger partial charge < -0.3 is 10.1 Å². The Morgan fingerprint density at radius 3 is 2.56 bits per heavy atom. The van der Waals surface area contributed by atoms with Gasteiger partial charge in [-0.15, -0.1) is 0 Å². The monoisotopic (exact) mass is 329 g/mol. The number of benzene rings is 2. The number of aromatic amines is 1. The molecule has 0 aliphatic heterocycles. The van der Waals surface area contributed by atoms with E-state index in [4.69, 9.17) is 0 Å². The minimum atomic E-state index is -1.06. The molecule has 25 heavy (non-hydrogen) atoms. The third kappa shape index (κ3) is 2.76. The summed E-state index contributed by atoms with van der Waals surface area (Å²) in [6.45, 7) is 1.99. The van der Waals surface area contributed by atoms with Crippen LogP contribution < -0.4 is 0 Å². The summed E-state index contributed by atoms with van der Waals surface area (Å²) in [6.07, 6.45) is 1.70. The molecule has 122 valence electrons. The quantitative estimate of drug-likeness (QED) is 0.587. The molecule has 0 aliphatic rings. The van der Waals surface area contributed by atoms with Gasteiger partial charge in [-0.05, 0) is 19.1 Å². The highest BCUT2D eigenvalue weighted by Gasteiger charge is 2.19. The Labute approximate surface area is 144 Å². The summed E-state index contributed by atoms with van der Waals surface area (Å²) in [6, 6.07) is 17.4. The van der Waals surface area contributed by atoms with Gasteiger partial charge in [0.15, 0.2) is 5.69 Å². The van der Waals surface area contributed by atoms with Gasteiger partial charge in [0.05, 0.1) is 11.2 Å². The molecule has 4 aromatic rings. The molecule has 4 rings (SSSR count). The molecule has 0 saturated heterocycles. The van der Waals surface area contributed by atoms with Gasteiger partial charge in [0, 0.05) is 22.7 Å². The van der Waals surface area contributed by atoms with E-state index < -0.39 is 5.97 Å². The summed E-state index contributed by atoms with van der Waals surface area (Å²) in [7, 11) is 0. The van der Waals surface area contributed by atoms with E-state index in [9.17, 15) is 9.90 Å². The molecule has 0 radical (unpaired) electrons. The van der Waals surface area contributed by atoms with Gasteiger partial charge in [-0.3, -0.25) is 4.98 Å². The molecular formula is C20H15N3O2. The third-order valence-electron chi connectivity index (χ3n) is 4.11. The van der Waals surface area contributed by atoms with Crippen molar-refractivity contribution in [2.75, 3.05) is 0 Å². The first-order valence-corrected chi connectivity index (χ1v) is 7.87. The fourth-order valence-corrected chi connectivity index (χ4v) is 2.79. The lowest BCUT2D eigenvalue weighted by Crippen LogP contribution is -1.99. The molecule has 0 spiro atoms. The molecule has 0 amide bonds. The molecule has 0 saturated carbocycles. The van der Waals surface area contributed by atoms with Gasteiger partial charge in [-0.1, -0.05) is 48.0 Å². The fraction of sp³-hybridized carbons (Fsp3) is 0.0500. The van der Waals surface area contributed by atoms with Gasteiger partial charge in [0.2, 0.25) is 0 Å². The Morgan fingerprint density at radius 2 is 1.80 bits per heavy atom. The van der Waals surface area contributed by atoms with Crippen LogP contribution in [0.2, 0.25) is 0 Å². The zero-order valence-corrected chi connectivity index (χ0v) is 13.5. The van der Waals surface area contributed by atoms with E-state index >= 15 is 0 Å². The molecule has 2 aromatic heterocycles. The number of aryl methyl sites for hydroxylation is 1. The predicted octanol–water partition coefficient (Wildman–Crippen LogP) is 4.30. The Hall–Kier alpha value is -3.47. The van der Waals surface area contributed by atoms with Crippen LogP contribution in [0.15, 0.2) is 60.8 Å². The molecule has 0 fully saturated rings. The maximum Gasteiger partial charge on any atom is 0.356 e. The summed E-state index contributed by atoms with van der Waals surface area (Å²) >= 11 is 0. The lowest BCUT2D eigenvalue weighted by atomic mass is 10.1. The van der Waals surface area contributed by atoms with Gasteiger partial charge >= 0.3 is 5.97 Å². The number of pyridine rings is 1. The van der Waals surface area contributed by atoms with Crippen LogP contribution in [0.5, 0.6) is 0 Å². The topological polar surface area (TPSA) is 78.9 Å². The number of carboxylic acid groups (broad SMARTS) is 1. The first kappa shape index (κ1) is 15.1. The van der Waals surface area contributed by atoms with Crippen molar-refractivity contribution < 1.29 is 9.90 Å². The smallest absolute Gasteiger partial charge is 0.356 e. The summed E-state index contributed by atoms with van der Waals surface area (Å²) < 4.78 is 0. The van der Waals surface area contributed by atoms with E-state index in [1.807, 2.05) is 61.5 Å². The van der Waals surface area contributed by atoms with E-state index in [2.05, 4.69) is 15.0 Å². The van der Waals surface area contributed by atoms with E-state index in [1.165, 1.54) is 0 Å². The number of nitrogens with one attached hydrogen (secondary N) is 1. The average molecular weight is 329 g/mol. The Kier molecular flexibility index (Phi) is 3.54. The average Bonchev–Trinajstić information content (AvgIpc) is 3.07. The number of imidazole rings is 1. The van der Waals surface area contributed by atoms with E-state index in [0.29, 0.717) is 11.5 Å². The summed E-state index contributed by atoms with van der Waals surface area (Å²) in [5.74, 6) is -0.571. The molecule has 5 nitrogen and oxygen atoms in total. The first-order chi connectivity index (χ1) is 12.1. The van der Waals surface area contributed by atoms with Crippen LogP contribution in [0.4, 0.5) is 0 Å². The molecule has 2 N–H and O–H groups in total. The largest absolute Gasteiger partial charge is 0.476 e. The molecule has 0 atom stereocenters. The van der Waals surface area contributed by atoms with Crippen LogP contribution in [0, 0.1) is 6.92 Å². The van der Waals surface area contributed by atoms with E-state index in [-0.39, 0.29) is 5.69 Å². The van der Waals surface area contributed by atoms with Crippen LogP contribution in [0.1, 0.15) is 16.1 Å². The van der Waals surface area contributed by atoms with E-state index in [1.54, 1.807) is 6.20 Å². The second-order valence-electron chi connectivity index (χ2n) is 5.90. The molecular weight excluding hydrogens is 314 g/mol. The van der Waals surface area contributed by atoms with Crippen molar-refractivity contribution in [1.29, 1.82) is 0 Å². The minimum Gasteiger partial charge on any atom is -0.476 e. The van der Waals surface area contributed by atoms with Crippen molar-refractivity contribution in [3.8, 4) is 22.6 Å². The van der Waals surface area contributed by atoms with Crippen LogP contribution in [0.3, 0.4) is 0 Å². The number of para-hydroxylation sites is 1. The number of rotatable bonds is 3. The SMILES string of the molecule is Cc1ccc(-c2[nH]c(-c3cnc4ccccc4c3)nc2C(=O)O)cc1. The Balaban J connectivity index is 1.86. The number of H-pyrrole nitrogens is 1. The van der Waals surface area contributed by atoms with Gasteiger partial charge in [-0.25, -0.2) is 9.78 Å². The Morgan fingerprint density at radius 1 is 1.04 bits per heavy atom. The number of carbonyl (C=O) groups is 1. The summed E-state index contributed by atoms with van der Waals surface area (Å²) in [5, 5.41) is 10.5. The lowest BCUT2D eigenvalue weighted by molar-refractivity contribution is 0.0692. The molecule has 0 aliphatic carbocycles. The number of nitrogens with zero attached hydrogens (tertiary/aromatic N) is 2. The zero-order valence-electron chi connectivity index (χ0n) is 13.5. The number of carboxylic acids is 1. The second kappa shape index (κ2) is 5.87. The minimum absolute atomic E-state index is 0.00649. The number of aromatic carboxylic acids is 1. The predicted molar refractivity (Wildman–Crippen MR) is 96.5 cm³/mol. The van der Waals surface area contributed by atoms with Crippen molar-refractivity contribution in [2.45, 2.75) is 6.92 Å². The van der Waals surface area contributed by atoms with Crippen LogP contribution in [-0.4, -0.2) is 26.0 Å². The maximum atomic E-state index is 11.6. The normalized spacial score (nSPS) is 10.9. The number of hydrogen-bond donors (Lipinski definition) is 2. The van der Waals surface area contributed by atoms with Crippen molar-refractivity contribution in [3.63, 3.8) is 0 Å². The first-order valence-electron chi connectivity index (χ1n) is 7.87. The molecule has 0 bridgehead atoms. The molecule has 2 heterocycles. The van der Waals surface area contributed by atoms with Crippen LogP contribution in [-0.2, 0) is 0 Å². The van der Waals surface area contributed by atoms with Crippen molar-refractivity contribution in [2.24, 2.45) is 0 Å². The molecule has 2 aromatic carbocycles. The highest BCUT2D eigenvalue weighted by atomic mass is 16.4. The third-order valence-corrected chi connectivity index (χ3v) is 4.11.